The van der Waals surface area contributed by atoms with E-state index in [4.69, 9.17) is 0 Å². The predicted molar refractivity (Wildman–Crippen MR) is 101 cm³/mol. The van der Waals surface area contributed by atoms with Gasteiger partial charge in [0.05, 0.1) is 16.8 Å². The molecule has 3 aromatic rings. The smallest absolute Gasteiger partial charge is 0.261 e. The summed E-state index contributed by atoms with van der Waals surface area (Å²) in [5.41, 5.74) is 1.78. The Kier molecular flexibility index (Phi) is 4.99. The average Bonchev–Trinajstić information content (AvgIpc) is 2.64. The molecule has 0 radical (unpaired) electrons. The predicted octanol–water partition coefficient (Wildman–Crippen LogP) is 3.83. The van der Waals surface area contributed by atoms with Crippen LogP contribution in [0, 0.1) is 0 Å². The standard InChI is InChI=1S/C19H17N3O3S/c1-14(23)15-7-9-16(10-8-15)21-19-12-11-17(13-20-19)22-26(24,25)18-5-3-2-4-6-18/h2-13,22H,1H3,(H,20,21). The quantitative estimate of drug-likeness (QED) is 0.647. The van der Waals surface area contributed by atoms with Gasteiger partial charge in [0.2, 0.25) is 0 Å². The van der Waals surface area contributed by atoms with Gasteiger partial charge in [-0.3, -0.25) is 9.52 Å². The summed E-state index contributed by atoms with van der Waals surface area (Å²) < 4.78 is 27.1. The monoisotopic (exact) mass is 367 g/mol. The Morgan fingerprint density at radius 2 is 1.54 bits per heavy atom. The van der Waals surface area contributed by atoms with Crippen LogP contribution < -0.4 is 10.0 Å². The van der Waals surface area contributed by atoms with E-state index in [-0.39, 0.29) is 10.7 Å². The number of sulfonamides is 1. The fraction of sp³-hybridized carbons (Fsp3) is 0.0526. The van der Waals surface area contributed by atoms with E-state index >= 15 is 0 Å². The molecular formula is C19H17N3O3S. The van der Waals surface area contributed by atoms with Crippen LogP contribution in [0.15, 0.2) is 77.8 Å². The van der Waals surface area contributed by atoms with Gasteiger partial charge in [0.1, 0.15) is 5.82 Å². The molecule has 0 amide bonds. The fourth-order valence-corrected chi connectivity index (χ4v) is 3.34. The number of nitrogens with one attached hydrogen (secondary N) is 2. The van der Waals surface area contributed by atoms with Crippen LogP contribution in [0.25, 0.3) is 0 Å². The van der Waals surface area contributed by atoms with Crippen LogP contribution in [0.2, 0.25) is 0 Å². The highest BCUT2D eigenvalue weighted by Crippen LogP contribution is 2.19. The number of hydrogen-bond donors (Lipinski definition) is 2. The molecule has 3 rings (SSSR count). The summed E-state index contributed by atoms with van der Waals surface area (Å²) in [6, 6.07) is 18.4. The van der Waals surface area contributed by atoms with Crippen molar-refractivity contribution in [1.29, 1.82) is 0 Å². The average molecular weight is 367 g/mol. The number of ketones is 1. The van der Waals surface area contributed by atoms with Crippen LogP contribution in [-0.2, 0) is 10.0 Å². The van der Waals surface area contributed by atoms with Gasteiger partial charge in [-0.1, -0.05) is 18.2 Å². The van der Waals surface area contributed by atoms with Gasteiger partial charge in [0.15, 0.2) is 5.78 Å². The number of carbonyl (C=O) groups is 1. The number of rotatable bonds is 6. The molecule has 7 heteroatoms. The third-order valence-electron chi connectivity index (χ3n) is 3.63. The van der Waals surface area contributed by atoms with Gasteiger partial charge in [0.25, 0.3) is 10.0 Å². The third-order valence-corrected chi connectivity index (χ3v) is 5.03. The van der Waals surface area contributed by atoms with E-state index in [1.807, 2.05) is 0 Å². The van der Waals surface area contributed by atoms with Gasteiger partial charge < -0.3 is 5.32 Å². The Morgan fingerprint density at radius 3 is 2.12 bits per heavy atom. The summed E-state index contributed by atoms with van der Waals surface area (Å²) in [6.07, 6.45) is 1.44. The van der Waals surface area contributed by atoms with Crippen molar-refractivity contribution in [2.45, 2.75) is 11.8 Å². The number of anilines is 3. The number of hydrogen-bond acceptors (Lipinski definition) is 5. The van der Waals surface area contributed by atoms with Crippen LogP contribution in [-0.4, -0.2) is 19.2 Å². The SMILES string of the molecule is CC(=O)c1ccc(Nc2ccc(NS(=O)(=O)c3ccccc3)cn2)cc1. The molecule has 0 fully saturated rings. The van der Waals surface area contributed by atoms with Crippen LogP contribution in [0.1, 0.15) is 17.3 Å². The summed E-state index contributed by atoms with van der Waals surface area (Å²) in [7, 11) is -3.64. The van der Waals surface area contributed by atoms with Crippen LogP contribution >= 0.6 is 0 Å². The van der Waals surface area contributed by atoms with Crippen molar-refractivity contribution in [2.75, 3.05) is 10.0 Å². The number of Topliss-reactive ketones (excluding diaryl/α,β-unsaturated/α-hetero) is 1. The van der Waals surface area contributed by atoms with Crippen molar-refractivity contribution < 1.29 is 13.2 Å². The molecule has 0 saturated carbocycles. The molecule has 0 unspecified atom stereocenters. The molecule has 0 spiro atoms. The Labute approximate surface area is 152 Å². The first-order valence-electron chi connectivity index (χ1n) is 7.86. The minimum absolute atomic E-state index is 0.00438. The normalized spacial score (nSPS) is 11.0. The molecule has 1 heterocycles. The van der Waals surface area contributed by atoms with E-state index in [0.717, 1.165) is 5.69 Å². The lowest BCUT2D eigenvalue weighted by Crippen LogP contribution is -2.13. The van der Waals surface area contributed by atoms with E-state index in [9.17, 15) is 13.2 Å². The van der Waals surface area contributed by atoms with E-state index in [0.29, 0.717) is 17.1 Å². The topological polar surface area (TPSA) is 88.2 Å². The lowest BCUT2D eigenvalue weighted by atomic mass is 10.1. The molecule has 2 aromatic carbocycles. The van der Waals surface area contributed by atoms with E-state index in [1.54, 1.807) is 54.6 Å². The van der Waals surface area contributed by atoms with Gasteiger partial charge in [-0.25, -0.2) is 13.4 Å². The maximum atomic E-state index is 12.3. The summed E-state index contributed by atoms with van der Waals surface area (Å²) >= 11 is 0. The first-order valence-corrected chi connectivity index (χ1v) is 9.34. The summed E-state index contributed by atoms with van der Waals surface area (Å²) in [4.78, 5) is 15.7. The van der Waals surface area contributed by atoms with Crippen LogP contribution in [0.5, 0.6) is 0 Å². The molecule has 1 aromatic heterocycles. The number of benzene rings is 2. The molecule has 132 valence electrons. The first-order chi connectivity index (χ1) is 12.4. The lowest BCUT2D eigenvalue weighted by Gasteiger charge is -2.09. The third kappa shape index (κ3) is 4.25. The maximum absolute atomic E-state index is 12.3. The van der Waals surface area contributed by atoms with Gasteiger partial charge in [-0.05, 0) is 55.5 Å². The zero-order chi connectivity index (χ0) is 18.6. The summed E-state index contributed by atoms with van der Waals surface area (Å²) in [6.45, 7) is 1.51. The number of carbonyl (C=O) groups excluding carboxylic acids is 1. The Balaban J connectivity index is 1.69. The Hall–Kier alpha value is -3.19. The first kappa shape index (κ1) is 17.6. The highest BCUT2D eigenvalue weighted by atomic mass is 32.2. The molecule has 0 saturated heterocycles. The second-order valence-corrected chi connectivity index (χ2v) is 7.29. The highest BCUT2D eigenvalue weighted by Gasteiger charge is 2.13. The Bertz CT molecular complexity index is 1000. The fourth-order valence-electron chi connectivity index (χ4n) is 2.28. The van der Waals surface area contributed by atoms with E-state index in [1.165, 1.54) is 25.3 Å². The van der Waals surface area contributed by atoms with Crippen molar-refractivity contribution in [3.8, 4) is 0 Å². The molecule has 6 nitrogen and oxygen atoms in total. The number of aromatic nitrogens is 1. The van der Waals surface area contributed by atoms with Crippen molar-refractivity contribution in [1.82, 2.24) is 4.98 Å². The van der Waals surface area contributed by atoms with Gasteiger partial charge in [-0.2, -0.15) is 0 Å². The molecule has 0 bridgehead atoms. The van der Waals surface area contributed by atoms with Crippen LogP contribution in [0.4, 0.5) is 17.2 Å². The van der Waals surface area contributed by atoms with E-state index in [2.05, 4.69) is 15.0 Å². The van der Waals surface area contributed by atoms with Crippen molar-refractivity contribution in [3.05, 3.63) is 78.5 Å². The second-order valence-electron chi connectivity index (χ2n) is 5.61. The second kappa shape index (κ2) is 7.37. The summed E-state index contributed by atoms with van der Waals surface area (Å²) in [5, 5.41) is 3.09. The molecular weight excluding hydrogens is 350 g/mol. The number of pyridine rings is 1. The highest BCUT2D eigenvalue weighted by molar-refractivity contribution is 7.92. The Morgan fingerprint density at radius 1 is 0.885 bits per heavy atom. The molecule has 0 aliphatic rings. The van der Waals surface area contributed by atoms with Crippen LogP contribution in [0.3, 0.4) is 0 Å². The molecule has 0 aliphatic heterocycles. The maximum Gasteiger partial charge on any atom is 0.261 e. The van der Waals surface area contributed by atoms with E-state index < -0.39 is 10.0 Å². The largest absolute Gasteiger partial charge is 0.340 e. The minimum atomic E-state index is -3.64. The minimum Gasteiger partial charge on any atom is -0.340 e. The summed E-state index contributed by atoms with van der Waals surface area (Å²) in [5.74, 6) is 0.563. The number of nitrogens with zero attached hydrogens (tertiary/aromatic N) is 1. The molecule has 2 N–H and O–H groups in total. The van der Waals surface area contributed by atoms with Gasteiger partial charge in [0, 0.05) is 11.3 Å². The van der Waals surface area contributed by atoms with Gasteiger partial charge in [-0.15, -0.1) is 0 Å². The lowest BCUT2D eigenvalue weighted by molar-refractivity contribution is 0.101. The van der Waals surface area contributed by atoms with Gasteiger partial charge >= 0.3 is 0 Å². The molecule has 0 atom stereocenters. The van der Waals surface area contributed by atoms with Crippen molar-refractivity contribution in [3.63, 3.8) is 0 Å². The molecule has 0 aliphatic carbocycles. The zero-order valence-corrected chi connectivity index (χ0v) is 14.8. The van der Waals surface area contributed by atoms with Crippen molar-refractivity contribution in [2.24, 2.45) is 0 Å². The zero-order valence-electron chi connectivity index (χ0n) is 14.0. The van der Waals surface area contributed by atoms with Crippen molar-refractivity contribution >= 4 is 33.0 Å². The molecule has 26 heavy (non-hydrogen) atoms.